The number of carbonyl (C=O) groups is 1. The molecule has 1 saturated heterocycles. The minimum atomic E-state index is -0.00766. The number of aromatic nitrogens is 1. The fourth-order valence-electron chi connectivity index (χ4n) is 2.11. The molecule has 0 saturated carbocycles. The number of hydrogen-bond donors (Lipinski definition) is 1. The molecule has 2 aliphatic heterocycles. The first-order chi connectivity index (χ1) is 7.34. The largest absolute Gasteiger partial charge is 0.381 e. The van der Waals surface area contributed by atoms with E-state index in [0.717, 1.165) is 36.6 Å². The molecule has 0 aromatic carbocycles. The summed E-state index contributed by atoms with van der Waals surface area (Å²) in [4.78, 5) is 15.8. The molecule has 4 heteroatoms. The zero-order valence-electron chi connectivity index (χ0n) is 8.32. The molecule has 3 rings (SSSR count). The third-order valence-electron chi connectivity index (χ3n) is 3.00. The lowest BCUT2D eigenvalue weighted by Gasteiger charge is -2.07. The zero-order valence-corrected chi connectivity index (χ0v) is 8.32. The van der Waals surface area contributed by atoms with Crippen LogP contribution in [-0.4, -0.2) is 24.1 Å². The lowest BCUT2D eigenvalue weighted by molar-refractivity contribution is 0.0966. The SMILES string of the molecule is O=C1NCc2nc(C3CCOC3)ccc21. The van der Waals surface area contributed by atoms with E-state index in [1.165, 1.54) is 0 Å². The van der Waals surface area contributed by atoms with Crippen LogP contribution in [0.1, 0.15) is 34.1 Å². The zero-order chi connectivity index (χ0) is 10.3. The van der Waals surface area contributed by atoms with Gasteiger partial charge < -0.3 is 10.1 Å². The average Bonchev–Trinajstić information content (AvgIpc) is 2.88. The normalized spacial score (nSPS) is 24.0. The number of pyridine rings is 1. The summed E-state index contributed by atoms with van der Waals surface area (Å²) in [5, 5.41) is 2.77. The monoisotopic (exact) mass is 204 g/mol. The van der Waals surface area contributed by atoms with E-state index in [9.17, 15) is 4.79 Å². The highest BCUT2D eigenvalue weighted by Crippen LogP contribution is 2.25. The summed E-state index contributed by atoms with van der Waals surface area (Å²) in [6, 6.07) is 3.82. The van der Waals surface area contributed by atoms with Crippen molar-refractivity contribution in [2.24, 2.45) is 0 Å². The van der Waals surface area contributed by atoms with Gasteiger partial charge in [-0.25, -0.2) is 0 Å². The van der Waals surface area contributed by atoms with E-state index >= 15 is 0 Å². The summed E-state index contributed by atoms with van der Waals surface area (Å²) >= 11 is 0. The fourth-order valence-corrected chi connectivity index (χ4v) is 2.11. The molecule has 78 valence electrons. The predicted octanol–water partition coefficient (Wildman–Crippen LogP) is 0.829. The van der Waals surface area contributed by atoms with Gasteiger partial charge in [0.25, 0.3) is 5.91 Å². The highest BCUT2D eigenvalue weighted by Gasteiger charge is 2.24. The smallest absolute Gasteiger partial charge is 0.253 e. The van der Waals surface area contributed by atoms with Crippen molar-refractivity contribution in [2.75, 3.05) is 13.2 Å². The van der Waals surface area contributed by atoms with Crippen molar-refractivity contribution in [3.05, 3.63) is 29.1 Å². The van der Waals surface area contributed by atoms with Crippen molar-refractivity contribution in [1.82, 2.24) is 10.3 Å². The number of ether oxygens (including phenoxy) is 1. The molecule has 1 N–H and O–H groups in total. The van der Waals surface area contributed by atoms with Gasteiger partial charge in [0, 0.05) is 18.2 Å². The average molecular weight is 204 g/mol. The molecule has 1 aromatic heterocycles. The van der Waals surface area contributed by atoms with Gasteiger partial charge in [0.1, 0.15) is 0 Å². The van der Waals surface area contributed by atoms with Crippen LogP contribution in [0.25, 0.3) is 0 Å². The summed E-state index contributed by atoms with van der Waals surface area (Å²) in [6.07, 6.45) is 1.03. The molecule has 1 amide bonds. The number of hydrogen-bond acceptors (Lipinski definition) is 3. The Morgan fingerprint density at radius 3 is 3.20 bits per heavy atom. The van der Waals surface area contributed by atoms with Crippen LogP contribution in [0.3, 0.4) is 0 Å². The molecule has 1 fully saturated rings. The Morgan fingerprint density at radius 2 is 2.40 bits per heavy atom. The Balaban J connectivity index is 1.95. The summed E-state index contributed by atoms with van der Waals surface area (Å²) < 4.78 is 5.33. The molecule has 15 heavy (non-hydrogen) atoms. The van der Waals surface area contributed by atoms with Crippen LogP contribution in [0.15, 0.2) is 12.1 Å². The second-order valence-corrected chi connectivity index (χ2v) is 3.97. The van der Waals surface area contributed by atoms with Crippen molar-refractivity contribution < 1.29 is 9.53 Å². The second-order valence-electron chi connectivity index (χ2n) is 3.97. The number of fused-ring (bicyclic) bond motifs is 1. The summed E-state index contributed by atoms with van der Waals surface area (Å²) in [5.74, 6) is 0.401. The van der Waals surface area contributed by atoms with Crippen molar-refractivity contribution in [3.8, 4) is 0 Å². The maximum absolute atomic E-state index is 11.3. The van der Waals surface area contributed by atoms with Crippen LogP contribution >= 0.6 is 0 Å². The third-order valence-corrected chi connectivity index (χ3v) is 3.00. The lowest BCUT2D eigenvalue weighted by atomic mass is 10.0. The third kappa shape index (κ3) is 1.41. The maximum Gasteiger partial charge on any atom is 0.253 e. The van der Waals surface area contributed by atoms with Gasteiger partial charge in [-0.2, -0.15) is 0 Å². The van der Waals surface area contributed by atoms with Crippen LogP contribution in [-0.2, 0) is 11.3 Å². The molecule has 1 unspecified atom stereocenters. The number of carbonyl (C=O) groups excluding carboxylic acids is 1. The van der Waals surface area contributed by atoms with E-state index in [-0.39, 0.29) is 5.91 Å². The predicted molar refractivity (Wildman–Crippen MR) is 53.6 cm³/mol. The second kappa shape index (κ2) is 3.31. The van der Waals surface area contributed by atoms with Gasteiger partial charge in [-0.3, -0.25) is 9.78 Å². The molecule has 0 aliphatic carbocycles. The van der Waals surface area contributed by atoms with E-state index in [1.54, 1.807) is 0 Å². The van der Waals surface area contributed by atoms with Crippen molar-refractivity contribution in [1.29, 1.82) is 0 Å². The molecule has 0 spiro atoms. The van der Waals surface area contributed by atoms with Crippen LogP contribution < -0.4 is 5.32 Å². The standard InChI is InChI=1S/C11H12N2O2/c14-11-8-1-2-9(7-3-4-15-6-7)13-10(8)5-12-11/h1-2,7H,3-6H2,(H,12,14). The summed E-state index contributed by atoms with van der Waals surface area (Å²) in [5.41, 5.74) is 2.66. The Bertz CT molecular complexity index is 411. The number of amides is 1. The van der Waals surface area contributed by atoms with E-state index in [1.807, 2.05) is 12.1 Å². The topological polar surface area (TPSA) is 51.2 Å². The molecule has 1 aromatic rings. The summed E-state index contributed by atoms with van der Waals surface area (Å²) in [6.45, 7) is 2.14. The molecule has 0 bridgehead atoms. The van der Waals surface area contributed by atoms with E-state index in [4.69, 9.17) is 4.74 Å². The Labute approximate surface area is 87.7 Å². The first-order valence-electron chi connectivity index (χ1n) is 5.20. The Kier molecular flexibility index (Phi) is 1.95. The van der Waals surface area contributed by atoms with Gasteiger partial charge in [0.2, 0.25) is 0 Å². The van der Waals surface area contributed by atoms with Crippen molar-refractivity contribution in [2.45, 2.75) is 18.9 Å². The van der Waals surface area contributed by atoms with Gasteiger partial charge in [-0.05, 0) is 18.6 Å². The van der Waals surface area contributed by atoms with Gasteiger partial charge in [0.15, 0.2) is 0 Å². The molecule has 4 nitrogen and oxygen atoms in total. The van der Waals surface area contributed by atoms with Crippen LogP contribution in [0.5, 0.6) is 0 Å². The molecule has 3 heterocycles. The molecule has 0 radical (unpaired) electrons. The van der Waals surface area contributed by atoms with Gasteiger partial charge in [-0.15, -0.1) is 0 Å². The molecular formula is C11H12N2O2. The highest BCUT2D eigenvalue weighted by molar-refractivity contribution is 5.97. The molecule has 2 aliphatic rings. The number of nitrogens with one attached hydrogen (secondary N) is 1. The minimum absolute atomic E-state index is 0.00766. The Morgan fingerprint density at radius 1 is 1.47 bits per heavy atom. The van der Waals surface area contributed by atoms with E-state index in [0.29, 0.717) is 12.5 Å². The number of nitrogens with zero attached hydrogens (tertiary/aromatic N) is 1. The Hall–Kier alpha value is -1.42. The van der Waals surface area contributed by atoms with E-state index < -0.39 is 0 Å². The van der Waals surface area contributed by atoms with Gasteiger partial charge in [0.05, 0.1) is 24.4 Å². The summed E-state index contributed by atoms with van der Waals surface area (Å²) in [7, 11) is 0. The van der Waals surface area contributed by atoms with Crippen LogP contribution in [0, 0.1) is 0 Å². The minimum Gasteiger partial charge on any atom is -0.381 e. The van der Waals surface area contributed by atoms with Gasteiger partial charge in [-0.1, -0.05) is 0 Å². The van der Waals surface area contributed by atoms with Crippen molar-refractivity contribution in [3.63, 3.8) is 0 Å². The lowest BCUT2D eigenvalue weighted by Crippen LogP contribution is -2.12. The maximum atomic E-state index is 11.3. The van der Waals surface area contributed by atoms with Crippen LogP contribution in [0.4, 0.5) is 0 Å². The number of rotatable bonds is 1. The molecule has 1 atom stereocenters. The first kappa shape index (κ1) is 8.85. The van der Waals surface area contributed by atoms with E-state index in [2.05, 4.69) is 10.3 Å². The molecular weight excluding hydrogens is 192 g/mol. The quantitative estimate of drug-likeness (QED) is 0.737. The highest BCUT2D eigenvalue weighted by atomic mass is 16.5. The first-order valence-corrected chi connectivity index (χ1v) is 5.20. The van der Waals surface area contributed by atoms with Gasteiger partial charge >= 0.3 is 0 Å². The fraction of sp³-hybridized carbons (Fsp3) is 0.455. The van der Waals surface area contributed by atoms with Crippen molar-refractivity contribution >= 4 is 5.91 Å². The van der Waals surface area contributed by atoms with Crippen LogP contribution in [0.2, 0.25) is 0 Å².